The second-order valence-corrected chi connectivity index (χ2v) is 7.54. The summed E-state index contributed by atoms with van der Waals surface area (Å²) >= 11 is 0. The van der Waals surface area contributed by atoms with Gasteiger partial charge in [0.05, 0.1) is 17.9 Å². The van der Waals surface area contributed by atoms with Gasteiger partial charge in [-0.05, 0) is 55.5 Å². The van der Waals surface area contributed by atoms with Gasteiger partial charge in [-0.3, -0.25) is 9.59 Å². The number of carbonyl (C=O) groups is 2. The highest BCUT2D eigenvalue weighted by atomic mass is 19.1. The molecule has 0 N–H and O–H groups in total. The number of rotatable bonds is 6. The molecule has 2 aromatic carbocycles. The van der Waals surface area contributed by atoms with E-state index >= 15 is 0 Å². The van der Waals surface area contributed by atoms with E-state index < -0.39 is 17.6 Å². The Morgan fingerprint density at radius 2 is 1.63 bits per heavy atom. The fraction of sp³-hybridized carbons (Fsp3) is 0.333. The highest BCUT2D eigenvalue weighted by Gasteiger charge is 2.43. The van der Waals surface area contributed by atoms with Gasteiger partial charge < -0.3 is 9.64 Å². The van der Waals surface area contributed by atoms with Crippen molar-refractivity contribution in [2.45, 2.75) is 32.6 Å². The molecule has 0 saturated carbocycles. The molecule has 2 amide bonds. The first-order valence-electron chi connectivity index (χ1n) is 10.5. The second kappa shape index (κ2) is 8.69. The van der Waals surface area contributed by atoms with Crippen molar-refractivity contribution in [2.24, 2.45) is 0 Å². The molecular weight excluding hydrogens is 383 g/mol. The fourth-order valence-electron chi connectivity index (χ4n) is 3.98. The minimum atomic E-state index is -0.596. The molecule has 1 saturated heterocycles. The maximum absolute atomic E-state index is 14.5. The average molecular weight is 408 g/mol. The van der Waals surface area contributed by atoms with Crippen molar-refractivity contribution in [3.63, 3.8) is 0 Å². The predicted octanol–water partition coefficient (Wildman–Crippen LogP) is 4.38. The zero-order chi connectivity index (χ0) is 21.1. The molecule has 30 heavy (non-hydrogen) atoms. The Kier molecular flexibility index (Phi) is 5.84. The number of hydrogen-bond acceptors (Lipinski definition) is 4. The van der Waals surface area contributed by atoms with E-state index in [2.05, 4.69) is 0 Å². The van der Waals surface area contributed by atoms with Gasteiger partial charge in [0, 0.05) is 13.1 Å². The molecule has 0 unspecified atom stereocenters. The quantitative estimate of drug-likeness (QED) is 0.666. The first kappa shape index (κ1) is 20.1. The number of nitrogens with zero attached hydrogens (tertiary/aromatic N) is 2. The maximum atomic E-state index is 14.5. The molecule has 2 aromatic rings. The summed E-state index contributed by atoms with van der Waals surface area (Å²) < 4.78 is 20.1. The zero-order valence-corrected chi connectivity index (χ0v) is 17.1. The number of hydrogen-bond donors (Lipinski definition) is 0. The van der Waals surface area contributed by atoms with E-state index in [4.69, 9.17) is 4.74 Å². The summed E-state index contributed by atoms with van der Waals surface area (Å²) in [5.41, 5.74) is 1.31. The first-order valence-corrected chi connectivity index (χ1v) is 10.5. The van der Waals surface area contributed by atoms with Crippen LogP contribution in [0, 0.1) is 5.82 Å². The minimum absolute atomic E-state index is 0.0140. The van der Waals surface area contributed by atoms with Crippen LogP contribution >= 0.6 is 0 Å². The number of carbonyl (C=O) groups excluding carboxylic acids is 2. The van der Waals surface area contributed by atoms with Crippen molar-refractivity contribution in [1.82, 2.24) is 4.90 Å². The summed E-state index contributed by atoms with van der Waals surface area (Å²) in [5, 5.41) is 0. The number of para-hydroxylation sites is 1. The molecule has 1 fully saturated rings. The number of amides is 2. The van der Waals surface area contributed by atoms with Gasteiger partial charge in [-0.1, -0.05) is 31.2 Å². The van der Waals surface area contributed by atoms with Crippen molar-refractivity contribution in [3.05, 3.63) is 65.6 Å². The van der Waals surface area contributed by atoms with Crippen LogP contribution in [0.15, 0.2) is 54.2 Å². The summed E-state index contributed by atoms with van der Waals surface area (Å²) in [7, 11) is 0. The molecule has 0 atom stereocenters. The van der Waals surface area contributed by atoms with Gasteiger partial charge in [0.25, 0.3) is 11.8 Å². The van der Waals surface area contributed by atoms with Crippen LogP contribution in [0.3, 0.4) is 0 Å². The van der Waals surface area contributed by atoms with E-state index in [-0.39, 0.29) is 5.69 Å². The van der Waals surface area contributed by atoms with Crippen LogP contribution in [0.5, 0.6) is 5.75 Å². The second-order valence-electron chi connectivity index (χ2n) is 7.54. The van der Waals surface area contributed by atoms with Crippen molar-refractivity contribution < 1.29 is 18.7 Å². The van der Waals surface area contributed by atoms with Crippen LogP contribution in [0.25, 0.3) is 5.57 Å². The van der Waals surface area contributed by atoms with Crippen LogP contribution < -0.4 is 9.64 Å². The van der Waals surface area contributed by atoms with Crippen molar-refractivity contribution in [2.75, 3.05) is 24.6 Å². The number of piperidine rings is 1. The van der Waals surface area contributed by atoms with Gasteiger partial charge in [0.15, 0.2) is 0 Å². The molecule has 0 aromatic heterocycles. The van der Waals surface area contributed by atoms with Crippen LogP contribution in [0.1, 0.15) is 38.2 Å². The Morgan fingerprint density at radius 3 is 2.30 bits per heavy atom. The Morgan fingerprint density at radius 1 is 0.933 bits per heavy atom. The molecule has 0 aliphatic carbocycles. The number of benzene rings is 2. The van der Waals surface area contributed by atoms with Crippen LogP contribution in [0.4, 0.5) is 10.1 Å². The highest BCUT2D eigenvalue weighted by molar-refractivity contribution is 6.45. The number of likely N-dealkylation sites (tertiary alicyclic amines) is 1. The number of imide groups is 1. The predicted molar refractivity (Wildman–Crippen MR) is 113 cm³/mol. The van der Waals surface area contributed by atoms with Crippen LogP contribution in [-0.4, -0.2) is 36.4 Å². The maximum Gasteiger partial charge on any atom is 0.282 e. The SMILES string of the molecule is CCCOc1ccc(C2=C(N3CCCCC3)C(=O)N(c3ccccc3F)C2=O)cc1. The lowest BCUT2D eigenvalue weighted by atomic mass is 10.0. The van der Waals surface area contributed by atoms with Crippen molar-refractivity contribution in [3.8, 4) is 5.75 Å². The Balaban J connectivity index is 1.76. The Labute approximate surface area is 175 Å². The largest absolute Gasteiger partial charge is 0.494 e. The molecule has 5 nitrogen and oxygen atoms in total. The molecule has 156 valence electrons. The smallest absolute Gasteiger partial charge is 0.282 e. The molecule has 2 aliphatic rings. The molecule has 6 heteroatoms. The van der Waals surface area contributed by atoms with Gasteiger partial charge in [0.1, 0.15) is 17.3 Å². The van der Waals surface area contributed by atoms with E-state index in [9.17, 15) is 14.0 Å². The molecular formula is C24H25FN2O3. The molecule has 0 radical (unpaired) electrons. The molecule has 0 bridgehead atoms. The van der Waals surface area contributed by atoms with Crippen LogP contribution in [-0.2, 0) is 9.59 Å². The van der Waals surface area contributed by atoms with E-state index in [1.165, 1.54) is 12.1 Å². The van der Waals surface area contributed by atoms with Gasteiger partial charge in [-0.15, -0.1) is 0 Å². The normalized spacial score (nSPS) is 17.1. The Hall–Kier alpha value is -3.15. The lowest BCUT2D eigenvalue weighted by Crippen LogP contribution is -2.37. The molecule has 0 spiro atoms. The first-order chi connectivity index (χ1) is 14.6. The summed E-state index contributed by atoms with van der Waals surface area (Å²) in [6.07, 6.45) is 3.92. The van der Waals surface area contributed by atoms with Gasteiger partial charge >= 0.3 is 0 Å². The van der Waals surface area contributed by atoms with Gasteiger partial charge in [-0.25, -0.2) is 9.29 Å². The summed E-state index contributed by atoms with van der Waals surface area (Å²) in [6.45, 7) is 4.06. The van der Waals surface area contributed by atoms with Gasteiger partial charge in [0.2, 0.25) is 0 Å². The monoisotopic (exact) mass is 408 g/mol. The van der Waals surface area contributed by atoms with Crippen molar-refractivity contribution >= 4 is 23.1 Å². The van der Waals surface area contributed by atoms with E-state index in [1.807, 2.05) is 11.8 Å². The summed E-state index contributed by atoms with van der Waals surface area (Å²) in [6, 6.07) is 13.1. The van der Waals surface area contributed by atoms with Crippen LogP contribution in [0.2, 0.25) is 0 Å². The molecule has 2 aliphatic heterocycles. The number of halogens is 1. The summed E-state index contributed by atoms with van der Waals surface area (Å²) in [4.78, 5) is 29.7. The van der Waals surface area contributed by atoms with E-state index in [0.717, 1.165) is 30.6 Å². The molecule has 2 heterocycles. The Bertz CT molecular complexity index is 978. The lowest BCUT2D eigenvalue weighted by Gasteiger charge is -2.29. The number of anilines is 1. The third-order valence-electron chi connectivity index (χ3n) is 5.44. The van der Waals surface area contributed by atoms with E-state index in [1.54, 1.807) is 36.4 Å². The number of ether oxygens (including phenoxy) is 1. The standard InChI is InChI=1S/C24H25FN2O3/c1-2-16-30-18-12-10-17(11-13-18)21-22(26-14-6-3-7-15-26)24(29)27(23(21)28)20-9-5-4-8-19(20)25/h4-5,8-13H,2-3,6-7,14-16H2,1H3. The summed E-state index contributed by atoms with van der Waals surface area (Å²) in [5.74, 6) is -0.841. The van der Waals surface area contributed by atoms with Gasteiger partial charge in [-0.2, -0.15) is 0 Å². The topological polar surface area (TPSA) is 49.9 Å². The zero-order valence-electron chi connectivity index (χ0n) is 17.1. The lowest BCUT2D eigenvalue weighted by molar-refractivity contribution is -0.120. The van der Waals surface area contributed by atoms with E-state index in [0.29, 0.717) is 42.3 Å². The average Bonchev–Trinajstić information content (AvgIpc) is 3.04. The fourth-order valence-corrected chi connectivity index (χ4v) is 3.98. The third kappa shape index (κ3) is 3.70. The molecule has 4 rings (SSSR count). The van der Waals surface area contributed by atoms with Crippen molar-refractivity contribution in [1.29, 1.82) is 0 Å². The third-order valence-corrected chi connectivity index (χ3v) is 5.44. The minimum Gasteiger partial charge on any atom is -0.494 e. The highest BCUT2D eigenvalue weighted by Crippen LogP contribution is 2.37.